The molecule has 1 N–H and O–H groups in total. The first-order valence-electron chi connectivity index (χ1n) is 11.7. The molecule has 4 rings (SSSR count). The van der Waals surface area contributed by atoms with Crippen LogP contribution in [-0.4, -0.2) is 40.2 Å². The molecule has 186 valence electrons. The monoisotopic (exact) mass is 505 g/mol. The van der Waals surface area contributed by atoms with Gasteiger partial charge in [-0.05, 0) is 49.6 Å². The van der Waals surface area contributed by atoms with Gasteiger partial charge in [0, 0.05) is 0 Å². The standard InChI is InChI=1S/C27H27N3O5S/c1-4-15-35-21-14-12-19(16-22(21)34-5-2)24-23(20(31)13-11-18-9-7-6-8-10-18)25(32)26(33)30(24)27-29-28-17(3)36-27/h6-14,16,24,32H,4-5,15H2,1-3H3/b13-11+. The maximum absolute atomic E-state index is 13.4. The second-order valence-corrected chi connectivity index (χ2v) is 9.20. The molecule has 0 fully saturated rings. The van der Waals surface area contributed by atoms with Crippen molar-refractivity contribution in [1.29, 1.82) is 0 Å². The molecule has 1 atom stereocenters. The number of aliphatic hydroxyl groups is 1. The summed E-state index contributed by atoms with van der Waals surface area (Å²) in [4.78, 5) is 27.9. The number of aliphatic hydroxyl groups excluding tert-OH is 1. The minimum atomic E-state index is -0.919. The maximum atomic E-state index is 13.4. The van der Waals surface area contributed by atoms with Gasteiger partial charge in [-0.25, -0.2) is 0 Å². The molecule has 0 saturated carbocycles. The molecule has 1 aliphatic heterocycles. The Morgan fingerprint density at radius 2 is 1.89 bits per heavy atom. The van der Waals surface area contributed by atoms with E-state index in [0.717, 1.165) is 12.0 Å². The summed E-state index contributed by atoms with van der Waals surface area (Å²) >= 11 is 1.20. The van der Waals surface area contributed by atoms with E-state index in [4.69, 9.17) is 9.47 Å². The van der Waals surface area contributed by atoms with E-state index in [0.29, 0.717) is 35.3 Å². The second-order valence-electron chi connectivity index (χ2n) is 8.04. The van der Waals surface area contributed by atoms with Crippen LogP contribution < -0.4 is 14.4 Å². The lowest BCUT2D eigenvalue weighted by atomic mass is 9.95. The Morgan fingerprint density at radius 3 is 2.56 bits per heavy atom. The molecule has 1 unspecified atom stereocenters. The highest BCUT2D eigenvalue weighted by atomic mass is 32.1. The van der Waals surface area contributed by atoms with Crippen molar-refractivity contribution >= 4 is 34.2 Å². The fourth-order valence-corrected chi connectivity index (χ4v) is 4.59. The van der Waals surface area contributed by atoms with Crippen molar-refractivity contribution in [2.24, 2.45) is 0 Å². The SMILES string of the molecule is CCCOc1ccc(C2C(C(=O)/C=C/c3ccccc3)=C(O)C(=O)N2c2nnc(C)s2)cc1OCC. The van der Waals surface area contributed by atoms with Crippen molar-refractivity contribution in [1.82, 2.24) is 10.2 Å². The van der Waals surface area contributed by atoms with Gasteiger partial charge in [0.15, 0.2) is 23.0 Å². The molecule has 9 heteroatoms. The number of anilines is 1. The zero-order valence-corrected chi connectivity index (χ0v) is 21.1. The molecule has 2 heterocycles. The number of carbonyl (C=O) groups excluding carboxylic acids is 2. The summed E-state index contributed by atoms with van der Waals surface area (Å²) in [6, 6.07) is 13.6. The number of ether oxygens (including phenoxy) is 2. The van der Waals surface area contributed by atoms with Crippen LogP contribution in [0.5, 0.6) is 11.5 Å². The topological polar surface area (TPSA) is 102 Å². The van der Waals surface area contributed by atoms with Crippen molar-refractivity contribution in [3.63, 3.8) is 0 Å². The van der Waals surface area contributed by atoms with Gasteiger partial charge in [0.05, 0.1) is 24.8 Å². The van der Waals surface area contributed by atoms with Gasteiger partial charge < -0.3 is 14.6 Å². The highest BCUT2D eigenvalue weighted by molar-refractivity contribution is 7.15. The first kappa shape index (κ1) is 25.1. The number of hydrogen-bond donors (Lipinski definition) is 1. The molecule has 3 aromatic rings. The summed E-state index contributed by atoms with van der Waals surface area (Å²) in [6.45, 7) is 6.56. The number of aromatic nitrogens is 2. The van der Waals surface area contributed by atoms with Crippen LogP contribution in [0.25, 0.3) is 6.08 Å². The average molecular weight is 506 g/mol. The summed E-state index contributed by atoms with van der Waals surface area (Å²) in [6.07, 6.45) is 3.84. The first-order chi connectivity index (χ1) is 17.4. The van der Waals surface area contributed by atoms with E-state index in [-0.39, 0.29) is 10.7 Å². The van der Waals surface area contributed by atoms with Crippen molar-refractivity contribution < 1.29 is 24.2 Å². The number of hydrogen-bond acceptors (Lipinski definition) is 8. The normalized spacial score (nSPS) is 15.7. The Labute approximate surface area is 213 Å². The van der Waals surface area contributed by atoms with Gasteiger partial charge in [0.1, 0.15) is 5.01 Å². The number of aryl methyl sites for hydroxylation is 1. The van der Waals surface area contributed by atoms with Crippen LogP contribution in [0.3, 0.4) is 0 Å². The maximum Gasteiger partial charge on any atom is 0.296 e. The molecule has 0 saturated heterocycles. The third-order valence-electron chi connectivity index (χ3n) is 5.47. The third-order valence-corrected chi connectivity index (χ3v) is 6.30. The molecular formula is C27H27N3O5S. The van der Waals surface area contributed by atoms with E-state index in [9.17, 15) is 14.7 Å². The molecule has 8 nitrogen and oxygen atoms in total. The van der Waals surface area contributed by atoms with Crippen LogP contribution in [0.2, 0.25) is 0 Å². The van der Waals surface area contributed by atoms with Gasteiger partial charge in [-0.3, -0.25) is 14.5 Å². The summed E-state index contributed by atoms with van der Waals surface area (Å²) in [5, 5.41) is 19.9. The minimum absolute atomic E-state index is 0.0373. The first-order valence-corrected chi connectivity index (χ1v) is 12.5. The van der Waals surface area contributed by atoms with E-state index in [1.165, 1.54) is 22.3 Å². The zero-order chi connectivity index (χ0) is 25.7. The van der Waals surface area contributed by atoms with Crippen LogP contribution in [0.15, 0.2) is 65.9 Å². The third kappa shape index (κ3) is 5.16. The number of benzene rings is 2. The Bertz CT molecular complexity index is 1320. The predicted octanol–water partition coefficient (Wildman–Crippen LogP) is 5.22. The summed E-state index contributed by atoms with van der Waals surface area (Å²) in [5.74, 6) is -0.753. The molecular weight excluding hydrogens is 478 g/mol. The van der Waals surface area contributed by atoms with Gasteiger partial charge in [0.25, 0.3) is 5.91 Å². The van der Waals surface area contributed by atoms with Gasteiger partial charge >= 0.3 is 0 Å². The minimum Gasteiger partial charge on any atom is -0.503 e. The lowest BCUT2D eigenvalue weighted by Crippen LogP contribution is -2.31. The molecule has 0 radical (unpaired) electrons. The predicted molar refractivity (Wildman–Crippen MR) is 138 cm³/mol. The van der Waals surface area contributed by atoms with Crippen molar-refractivity contribution in [2.45, 2.75) is 33.2 Å². The van der Waals surface area contributed by atoms with Crippen LogP contribution in [0, 0.1) is 6.92 Å². The van der Waals surface area contributed by atoms with Gasteiger partial charge in [-0.15, -0.1) is 10.2 Å². The smallest absolute Gasteiger partial charge is 0.296 e. The molecule has 1 aromatic heterocycles. The fraction of sp³-hybridized carbons (Fsp3) is 0.259. The van der Waals surface area contributed by atoms with E-state index < -0.39 is 23.5 Å². The van der Waals surface area contributed by atoms with E-state index in [1.807, 2.05) is 44.2 Å². The number of nitrogens with zero attached hydrogens (tertiary/aromatic N) is 3. The number of allylic oxidation sites excluding steroid dienone is 1. The summed E-state index contributed by atoms with van der Waals surface area (Å²) < 4.78 is 11.6. The fourth-order valence-electron chi connectivity index (χ4n) is 3.87. The summed E-state index contributed by atoms with van der Waals surface area (Å²) in [7, 11) is 0. The largest absolute Gasteiger partial charge is 0.503 e. The Morgan fingerprint density at radius 1 is 1.11 bits per heavy atom. The highest BCUT2D eigenvalue weighted by Gasteiger charge is 2.45. The highest BCUT2D eigenvalue weighted by Crippen LogP contribution is 2.44. The van der Waals surface area contributed by atoms with Gasteiger partial charge in [0.2, 0.25) is 5.13 Å². The van der Waals surface area contributed by atoms with Crippen LogP contribution in [0.1, 0.15) is 42.4 Å². The number of amides is 1. The lowest BCUT2D eigenvalue weighted by molar-refractivity contribution is -0.117. The molecule has 0 bridgehead atoms. The number of carbonyl (C=O) groups is 2. The summed E-state index contributed by atoms with van der Waals surface area (Å²) in [5.41, 5.74) is 1.35. The van der Waals surface area contributed by atoms with Crippen LogP contribution in [0.4, 0.5) is 5.13 Å². The second kappa shape index (κ2) is 11.2. The lowest BCUT2D eigenvalue weighted by Gasteiger charge is -2.24. The van der Waals surface area contributed by atoms with Gasteiger partial charge in [-0.1, -0.05) is 60.7 Å². The number of ketones is 1. The van der Waals surface area contributed by atoms with Gasteiger partial charge in [-0.2, -0.15) is 0 Å². The van der Waals surface area contributed by atoms with Crippen molar-refractivity contribution in [3.8, 4) is 11.5 Å². The zero-order valence-electron chi connectivity index (χ0n) is 20.3. The van der Waals surface area contributed by atoms with Crippen LogP contribution >= 0.6 is 11.3 Å². The molecule has 36 heavy (non-hydrogen) atoms. The van der Waals surface area contributed by atoms with Crippen molar-refractivity contribution in [2.75, 3.05) is 18.1 Å². The molecule has 1 aliphatic rings. The van der Waals surface area contributed by atoms with E-state index >= 15 is 0 Å². The molecule has 0 spiro atoms. The quantitative estimate of drug-likeness (QED) is 0.377. The molecule has 0 aliphatic carbocycles. The van der Waals surface area contributed by atoms with Crippen LogP contribution in [-0.2, 0) is 9.59 Å². The Balaban J connectivity index is 1.79. The van der Waals surface area contributed by atoms with Crippen molar-refractivity contribution in [3.05, 3.63) is 82.1 Å². The Hall–Kier alpha value is -3.98. The molecule has 2 aromatic carbocycles. The van der Waals surface area contributed by atoms with E-state index in [2.05, 4.69) is 10.2 Å². The average Bonchev–Trinajstić information content (AvgIpc) is 3.42. The number of rotatable bonds is 10. The molecule has 1 amide bonds. The Kier molecular flexibility index (Phi) is 7.80. The van der Waals surface area contributed by atoms with E-state index in [1.54, 1.807) is 31.2 Å².